The summed E-state index contributed by atoms with van der Waals surface area (Å²) in [5.41, 5.74) is -0.147. The summed E-state index contributed by atoms with van der Waals surface area (Å²) in [6, 6.07) is 3.73. The number of nitrogens with one attached hydrogen (secondary N) is 1. The summed E-state index contributed by atoms with van der Waals surface area (Å²) in [6.07, 6.45) is 3.62. The largest absolute Gasteiger partial charge is 0.430 e. The van der Waals surface area contributed by atoms with E-state index >= 15 is 0 Å². The summed E-state index contributed by atoms with van der Waals surface area (Å²) in [7, 11) is 0. The van der Waals surface area contributed by atoms with Gasteiger partial charge in [-0.2, -0.15) is 0 Å². The van der Waals surface area contributed by atoms with Crippen molar-refractivity contribution in [2.75, 3.05) is 0 Å². The van der Waals surface area contributed by atoms with Gasteiger partial charge in [-0.15, -0.1) is 0 Å². The van der Waals surface area contributed by atoms with Gasteiger partial charge in [-0.1, -0.05) is 0 Å². The zero-order valence-electron chi connectivity index (χ0n) is 9.24. The van der Waals surface area contributed by atoms with Crippen LogP contribution in [0.4, 0.5) is 0 Å². The summed E-state index contributed by atoms with van der Waals surface area (Å²) in [4.78, 5) is 26.2. The van der Waals surface area contributed by atoms with Crippen LogP contribution >= 0.6 is 0 Å². The Morgan fingerprint density at radius 3 is 2.69 bits per heavy atom. The van der Waals surface area contributed by atoms with E-state index in [9.17, 15) is 9.59 Å². The van der Waals surface area contributed by atoms with Crippen molar-refractivity contribution < 1.29 is 14.3 Å². The first kappa shape index (κ1) is 10.7. The molecule has 0 fully saturated rings. The molecule has 4 heteroatoms. The third-order valence-corrected chi connectivity index (χ3v) is 2.67. The Morgan fingerprint density at radius 1 is 1.38 bits per heavy atom. The maximum Gasteiger partial charge on any atom is 0.324 e. The minimum atomic E-state index is -1.06. The van der Waals surface area contributed by atoms with Crippen LogP contribution in [0.15, 0.2) is 30.2 Å². The quantitative estimate of drug-likeness (QED) is 0.607. The predicted molar refractivity (Wildman–Crippen MR) is 57.5 cm³/mol. The van der Waals surface area contributed by atoms with E-state index in [0.29, 0.717) is 12.2 Å². The van der Waals surface area contributed by atoms with Crippen LogP contribution in [-0.4, -0.2) is 16.7 Å². The fraction of sp³-hybridized carbons (Fsp3) is 0.333. The molecule has 2 rings (SSSR count). The van der Waals surface area contributed by atoms with Crippen LogP contribution in [0.3, 0.4) is 0 Å². The molecule has 1 aromatic rings. The molecule has 0 bridgehead atoms. The molecular weight excluding hydrogens is 206 g/mol. The van der Waals surface area contributed by atoms with E-state index in [1.54, 1.807) is 20.0 Å². The number of cyclic esters (lactones) is 1. The van der Waals surface area contributed by atoms with Crippen molar-refractivity contribution in [2.45, 2.75) is 20.3 Å². The fourth-order valence-corrected chi connectivity index (χ4v) is 1.46. The van der Waals surface area contributed by atoms with Crippen molar-refractivity contribution in [3.8, 4) is 0 Å². The van der Waals surface area contributed by atoms with Crippen LogP contribution in [0.25, 0.3) is 0 Å². The Balaban J connectivity index is 2.20. The molecule has 0 saturated heterocycles. The van der Waals surface area contributed by atoms with Gasteiger partial charge in [-0.3, -0.25) is 9.59 Å². The van der Waals surface area contributed by atoms with Gasteiger partial charge in [0.05, 0.1) is 0 Å². The summed E-state index contributed by atoms with van der Waals surface area (Å²) >= 11 is 0. The SMILES string of the molecule is CC1(C)C(=O)C=C(Cc2ccc[nH]2)OC1=O. The number of hydrogen-bond acceptors (Lipinski definition) is 3. The van der Waals surface area contributed by atoms with Crippen LogP contribution in [0.2, 0.25) is 0 Å². The summed E-state index contributed by atoms with van der Waals surface area (Å²) in [6.45, 7) is 3.14. The molecule has 4 nitrogen and oxygen atoms in total. The number of carbonyl (C=O) groups excluding carboxylic acids is 2. The average molecular weight is 219 g/mol. The van der Waals surface area contributed by atoms with Crippen LogP contribution in [0.1, 0.15) is 19.5 Å². The van der Waals surface area contributed by atoms with Crippen molar-refractivity contribution in [3.63, 3.8) is 0 Å². The number of H-pyrrole nitrogens is 1. The average Bonchev–Trinajstić information content (AvgIpc) is 2.67. The zero-order valence-corrected chi connectivity index (χ0v) is 9.24. The minimum Gasteiger partial charge on any atom is -0.430 e. The van der Waals surface area contributed by atoms with Crippen molar-refractivity contribution in [1.82, 2.24) is 4.98 Å². The van der Waals surface area contributed by atoms with Crippen LogP contribution in [0, 0.1) is 5.41 Å². The van der Waals surface area contributed by atoms with Crippen LogP contribution in [0.5, 0.6) is 0 Å². The predicted octanol–water partition coefficient (Wildman–Crippen LogP) is 1.59. The molecule has 16 heavy (non-hydrogen) atoms. The first-order valence-electron chi connectivity index (χ1n) is 5.09. The lowest BCUT2D eigenvalue weighted by molar-refractivity contribution is -0.155. The number of allylic oxidation sites excluding steroid dienone is 2. The molecule has 0 saturated carbocycles. The number of rotatable bonds is 2. The second-order valence-corrected chi connectivity index (χ2v) is 4.36. The Labute approximate surface area is 93.3 Å². The summed E-state index contributed by atoms with van der Waals surface area (Å²) in [5.74, 6) is -0.288. The number of carbonyl (C=O) groups is 2. The standard InChI is InChI=1S/C12H13NO3/c1-12(2)10(14)7-9(16-11(12)15)6-8-4-3-5-13-8/h3-5,7,13H,6H2,1-2H3. The number of hydrogen-bond donors (Lipinski definition) is 1. The number of esters is 1. The van der Waals surface area contributed by atoms with Gasteiger partial charge >= 0.3 is 5.97 Å². The van der Waals surface area contributed by atoms with E-state index in [1.807, 2.05) is 12.1 Å². The van der Waals surface area contributed by atoms with Gasteiger partial charge < -0.3 is 9.72 Å². The second-order valence-electron chi connectivity index (χ2n) is 4.36. The molecule has 0 atom stereocenters. The number of aromatic nitrogens is 1. The monoisotopic (exact) mass is 219 g/mol. The summed E-state index contributed by atoms with van der Waals surface area (Å²) in [5, 5.41) is 0. The van der Waals surface area contributed by atoms with Crippen molar-refractivity contribution >= 4 is 11.8 Å². The van der Waals surface area contributed by atoms with E-state index in [1.165, 1.54) is 6.08 Å². The first-order chi connectivity index (χ1) is 7.50. The first-order valence-corrected chi connectivity index (χ1v) is 5.09. The Bertz CT molecular complexity index is 455. The highest BCUT2D eigenvalue weighted by atomic mass is 16.5. The third kappa shape index (κ3) is 1.78. The molecule has 1 aromatic heterocycles. The molecule has 84 valence electrons. The Morgan fingerprint density at radius 2 is 2.12 bits per heavy atom. The highest BCUT2D eigenvalue weighted by Crippen LogP contribution is 2.27. The smallest absolute Gasteiger partial charge is 0.324 e. The molecule has 0 amide bonds. The van der Waals surface area contributed by atoms with Crippen LogP contribution < -0.4 is 0 Å². The van der Waals surface area contributed by atoms with Gasteiger partial charge in [0.2, 0.25) is 0 Å². The Hall–Kier alpha value is -1.84. The molecule has 1 aliphatic heterocycles. The van der Waals surface area contributed by atoms with Crippen LogP contribution in [-0.2, 0) is 20.7 Å². The molecule has 0 spiro atoms. The molecule has 1 N–H and O–H groups in total. The molecule has 0 aliphatic carbocycles. The highest BCUT2D eigenvalue weighted by Gasteiger charge is 2.40. The third-order valence-electron chi connectivity index (χ3n) is 2.67. The van der Waals surface area contributed by atoms with Gasteiger partial charge in [-0.25, -0.2) is 0 Å². The molecule has 0 unspecified atom stereocenters. The maximum absolute atomic E-state index is 11.7. The minimum absolute atomic E-state index is 0.203. The molecule has 1 aliphatic rings. The lowest BCUT2D eigenvalue weighted by Gasteiger charge is -2.25. The van der Waals surface area contributed by atoms with E-state index in [2.05, 4.69) is 4.98 Å². The summed E-state index contributed by atoms with van der Waals surface area (Å²) < 4.78 is 5.13. The van der Waals surface area contributed by atoms with Gasteiger partial charge in [-0.05, 0) is 26.0 Å². The van der Waals surface area contributed by atoms with Gasteiger partial charge in [0.15, 0.2) is 5.78 Å². The lowest BCUT2D eigenvalue weighted by atomic mass is 9.86. The second kappa shape index (κ2) is 3.63. The van der Waals surface area contributed by atoms with Crippen molar-refractivity contribution in [1.29, 1.82) is 0 Å². The van der Waals surface area contributed by atoms with Gasteiger partial charge in [0.25, 0.3) is 0 Å². The normalized spacial score (nSPS) is 19.2. The van der Waals surface area contributed by atoms with E-state index in [0.717, 1.165) is 5.69 Å². The number of ketones is 1. The number of ether oxygens (including phenoxy) is 1. The van der Waals surface area contributed by atoms with Crippen molar-refractivity contribution in [2.24, 2.45) is 5.41 Å². The fourth-order valence-electron chi connectivity index (χ4n) is 1.46. The maximum atomic E-state index is 11.7. The molecule has 0 radical (unpaired) electrons. The van der Waals surface area contributed by atoms with E-state index < -0.39 is 11.4 Å². The zero-order chi connectivity index (χ0) is 11.8. The topological polar surface area (TPSA) is 59.2 Å². The van der Waals surface area contributed by atoms with Gasteiger partial charge in [0.1, 0.15) is 11.2 Å². The van der Waals surface area contributed by atoms with E-state index in [-0.39, 0.29) is 5.78 Å². The number of aromatic amines is 1. The molecule has 2 heterocycles. The molecular formula is C12H13NO3. The van der Waals surface area contributed by atoms with Crippen molar-refractivity contribution in [3.05, 3.63) is 35.9 Å². The molecule has 0 aromatic carbocycles. The Kier molecular flexibility index (Phi) is 2.42. The van der Waals surface area contributed by atoms with Gasteiger partial charge in [0, 0.05) is 24.4 Å². The van der Waals surface area contributed by atoms with E-state index in [4.69, 9.17) is 4.74 Å². The highest BCUT2D eigenvalue weighted by molar-refractivity contribution is 6.10. The lowest BCUT2D eigenvalue weighted by Crippen LogP contribution is -2.37.